The molecular formula is C19H29N7O2SSi. The van der Waals surface area contributed by atoms with Crippen molar-refractivity contribution in [1.82, 2.24) is 29.8 Å². The smallest absolute Gasteiger partial charge is 0.205 e. The van der Waals surface area contributed by atoms with Crippen LogP contribution in [-0.4, -0.2) is 45.2 Å². The zero-order chi connectivity index (χ0) is 21.9. The molecule has 11 heteroatoms. The normalized spacial score (nSPS) is 13.2. The van der Waals surface area contributed by atoms with E-state index in [0.717, 1.165) is 16.1 Å². The van der Waals surface area contributed by atoms with Gasteiger partial charge in [0.25, 0.3) is 0 Å². The zero-order valence-corrected chi connectivity index (χ0v) is 20.4. The van der Waals surface area contributed by atoms with Crippen molar-refractivity contribution in [1.29, 1.82) is 0 Å². The van der Waals surface area contributed by atoms with Gasteiger partial charge in [-0.1, -0.05) is 20.8 Å². The van der Waals surface area contributed by atoms with Crippen LogP contribution >= 0.6 is 11.3 Å². The predicted molar refractivity (Wildman–Crippen MR) is 119 cm³/mol. The van der Waals surface area contributed by atoms with Crippen molar-refractivity contribution < 1.29 is 9.16 Å². The molecule has 9 nitrogen and oxygen atoms in total. The molecule has 0 aromatic carbocycles. The van der Waals surface area contributed by atoms with Gasteiger partial charge in [-0.2, -0.15) is 4.80 Å². The molecule has 0 radical (unpaired) electrons. The van der Waals surface area contributed by atoms with Gasteiger partial charge in [0.1, 0.15) is 6.73 Å². The Morgan fingerprint density at radius 2 is 2.00 bits per heavy atom. The summed E-state index contributed by atoms with van der Waals surface area (Å²) in [6.45, 7) is 12.0. The standard InChI is InChI=1S/C19H29N7O2SSi/c1-19(2,3)30(6,7)28-12-15-10-14(17-22-24-25(4)23-17)11-16(20-15)21-18-26(13-27-5)8-9-29-18/h8-11H,12-13H2,1-7H3/b21-18-. The largest absolute Gasteiger partial charge is 0.411 e. The summed E-state index contributed by atoms with van der Waals surface area (Å²) in [4.78, 5) is 11.7. The molecule has 0 saturated heterocycles. The molecule has 0 aliphatic heterocycles. The molecule has 0 unspecified atom stereocenters. The minimum absolute atomic E-state index is 0.118. The van der Waals surface area contributed by atoms with Gasteiger partial charge in [0.05, 0.1) is 19.3 Å². The van der Waals surface area contributed by atoms with Gasteiger partial charge in [0, 0.05) is 24.3 Å². The number of aryl methyl sites for hydroxylation is 1. The lowest BCUT2D eigenvalue weighted by molar-refractivity contribution is 0.129. The van der Waals surface area contributed by atoms with Gasteiger partial charge in [-0.3, -0.25) is 4.57 Å². The summed E-state index contributed by atoms with van der Waals surface area (Å²) in [6.07, 6.45) is 1.93. The van der Waals surface area contributed by atoms with Crippen molar-refractivity contribution in [2.45, 2.75) is 52.2 Å². The van der Waals surface area contributed by atoms with E-state index in [9.17, 15) is 0 Å². The number of ether oxygens (including phenoxy) is 1. The summed E-state index contributed by atoms with van der Waals surface area (Å²) < 4.78 is 13.5. The molecule has 3 aromatic heterocycles. The van der Waals surface area contributed by atoms with Gasteiger partial charge in [-0.15, -0.1) is 21.5 Å². The van der Waals surface area contributed by atoms with Gasteiger partial charge < -0.3 is 9.16 Å². The predicted octanol–water partition coefficient (Wildman–Crippen LogP) is 3.49. The monoisotopic (exact) mass is 447 g/mol. The highest BCUT2D eigenvalue weighted by molar-refractivity contribution is 7.07. The highest BCUT2D eigenvalue weighted by Crippen LogP contribution is 2.37. The van der Waals surface area contributed by atoms with Gasteiger partial charge in [0.15, 0.2) is 18.9 Å². The number of tetrazole rings is 1. The van der Waals surface area contributed by atoms with Crippen LogP contribution in [0.1, 0.15) is 26.5 Å². The number of hydrogen-bond acceptors (Lipinski definition) is 8. The second-order valence-corrected chi connectivity index (χ2v) is 14.2. The SMILES string of the molecule is COCn1ccs/c1=N\c1cc(-c2nnn(C)n2)cc(CO[Si](C)(C)C(C)(C)C)n1. The summed E-state index contributed by atoms with van der Waals surface area (Å²) in [5.74, 6) is 1.10. The number of aromatic nitrogens is 6. The van der Waals surface area contributed by atoms with Gasteiger partial charge in [-0.25, -0.2) is 9.98 Å². The van der Waals surface area contributed by atoms with E-state index in [1.807, 2.05) is 28.3 Å². The highest BCUT2D eigenvalue weighted by atomic mass is 32.1. The van der Waals surface area contributed by atoms with Crippen molar-refractivity contribution in [2.24, 2.45) is 12.0 Å². The van der Waals surface area contributed by atoms with E-state index in [0.29, 0.717) is 25.0 Å². The van der Waals surface area contributed by atoms with Crippen LogP contribution in [-0.2, 0) is 29.5 Å². The van der Waals surface area contributed by atoms with E-state index in [-0.39, 0.29) is 5.04 Å². The quantitative estimate of drug-likeness (QED) is 0.515. The van der Waals surface area contributed by atoms with Crippen LogP contribution in [0, 0.1) is 0 Å². The molecule has 0 N–H and O–H groups in total. The maximum atomic E-state index is 6.38. The average Bonchev–Trinajstić information content (AvgIpc) is 3.28. The first kappa shape index (κ1) is 22.5. The fourth-order valence-electron chi connectivity index (χ4n) is 2.42. The van der Waals surface area contributed by atoms with Gasteiger partial charge in [0.2, 0.25) is 5.82 Å². The molecule has 0 amide bonds. The highest BCUT2D eigenvalue weighted by Gasteiger charge is 2.37. The molecule has 162 valence electrons. The Morgan fingerprint density at radius 1 is 1.23 bits per heavy atom. The van der Waals surface area contributed by atoms with Crippen molar-refractivity contribution in [3.8, 4) is 11.4 Å². The Labute approximate surface area is 181 Å². The van der Waals surface area contributed by atoms with Crippen LogP contribution in [0.2, 0.25) is 18.1 Å². The third-order valence-corrected chi connectivity index (χ3v) is 10.4. The van der Waals surface area contributed by atoms with E-state index in [1.165, 1.54) is 16.1 Å². The van der Waals surface area contributed by atoms with Crippen LogP contribution in [0.25, 0.3) is 11.4 Å². The third-order valence-electron chi connectivity index (χ3n) is 5.16. The molecule has 0 spiro atoms. The Kier molecular flexibility index (Phi) is 6.65. The first-order valence-corrected chi connectivity index (χ1v) is 13.4. The number of nitrogens with zero attached hydrogens (tertiary/aromatic N) is 7. The molecule has 0 aliphatic rings. The summed E-state index contributed by atoms with van der Waals surface area (Å²) in [7, 11) is 1.48. The second-order valence-electron chi connectivity index (χ2n) is 8.54. The zero-order valence-electron chi connectivity index (χ0n) is 18.6. The van der Waals surface area contributed by atoms with Crippen LogP contribution in [0.15, 0.2) is 28.7 Å². The molecule has 30 heavy (non-hydrogen) atoms. The summed E-state index contributed by atoms with van der Waals surface area (Å²) in [5.41, 5.74) is 1.60. The van der Waals surface area contributed by atoms with E-state index < -0.39 is 8.32 Å². The number of hydrogen-bond donors (Lipinski definition) is 0. The van der Waals surface area contributed by atoms with Crippen LogP contribution in [0.5, 0.6) is 0 Å². The van der Waals surface area contributed by atoms with E-state index >= 15 is 0 Å². The van der Waals surface area contributed by atoms with Crippen LogP contribution in [0.3, 0.4) is 0 Å². The summed E-state index contributed by atoms with van der Waals surface area (Å²) in [5, 5.41) is 14.5. The molecular weight excluding hydrogens is 418 g/mol. The van der Waals surface area contributed by atoms with Gasteiger partial charge >= 0.3 is 0 Å². The Morgan fingerprint density at radius 3 is 2.63 bits per heavy atom. The maximum Gasteiger partial charge on any atom is 0.205 e. The van der Waals surface area contributed by atoms with Crippen molar-refractivity contribution in [3.63, 3.8) is 0 Å². The molecule has 3 rings (SSSR count). The van der Waals surface area contributed by atoms with E-state index in [1.54, 1.807) is 14.2 Å². The lowest BCUT2D eigenvalue weighted by Crippen LogP contribution is -2.40. The number of rotatable bonds is 7. The molecule has 0 atom stereocenters. The van der Waals surface area contributed by atoms with E-state index in [2.05, 4.69) is 49.3 Å². The Balaban J connectivity index is 2.00. The molecule has 0 fully saturated rings. The minimum atomic E-state index is -1.92. The number of pyridine rings is 1. The third kappa shape index (κ3) is 5.28. The minimum Gasteiger partial charge on any atom is -0.411 e. The molecule has 0 bridgehead atoms. The fraction of sp³-hybridized carbons (Fsp3) is 0.526. The molecule has 3 aromatic rings. The Hall–Kier alpha value is -2.21. The maximum absolute atomic E-state index is 6.38. The van der Waals surface area contributed by atoms with Crippen molar-refractivity contribution in [3.05, 3.63) is 34.2 Å². The lowest BCUT2D eigenvalue weighted by atomic mass is 10.2. The topological polar surface area (TPSA) is 92.2 Å². The van der Waals surface area contributed by atoms with Crippen LogP contribution in [0.4, 0.5) is 5.82 Å². The first-order valence-electron chi connectivity index (χ1n) is 9.66. The lowest BCUT2D eigenvalue weighted by Gasteiger charge is -2.36. The van der Waals surface area contributed by atoms with E-state index in [4.69, 9.17) is 19.1 Å². The molecule has 3 heterocycles. The van der Waals surface area contributed by atoms with Gasteiger partial charge in [-0.05, 0) is 35.5 Å². The van der Waals surface area contributed by atoms with Crippen LogP contribution < -0.4 is 4.80 Å². The average molecular weight is 448 g/mol. The Bertz CT molecular complexity index is 1070. The molecule has 0 aliphatic carbocycles. The number of methoxy groups -OCH3 is 1. The summed E-state index contributed by atoms with van der Waals surface area (Å²) in [6, 6.07) is 3.81. The number of thiazole rings is 1. The molecule has 0 saturated carbocycles. The van der Waals surface area contributed by atoms with Crippen molar-refractivity contribution in [2.75, 3.05) is 7.11 Å². The van der Waals surface area contributed by atoms with Crippen molar-refractivity contribution >= 4 is 25.5 Å². The second kappa shape index (κ2) is 8.88. The first-order chi connectivity index (χ1) is 14.1. The summed E-state index contributed by atoms with van der Waals surface area (Å²) >= 11 is 1.52. The fourth-order valence-corrected chi connectivity index (χ4v) is 4.09.